The molecule has 0 aliphatic heterocycles. The molecule has 0 atom stereocenters. The molecular weight excluding hydrogens is 450 g/mol. The highest BCUT2D eigenvalue weighted by molar-refractivity contribution is 9.10. The molecular formula is C22H16BrN3O4. The number of carbonyl (C=O) groups is 1. The van der Waals surface area contributed by atoms with Crippen LogP contribution in [0.1, 0.15) is 21.5 Å². The molecule has 1 amide bonds. The number of amides is 1. The van der Waals surface area contributed by atoms with Crippen molar-refractivity contribution in [3.63, 3.8) is 0 Å². The molecule has 4 aromatic rings. The average Bonchev–Trinajstić information content (AvgIpc) is 3.13. The number of hydrogen-bond acceptors (Lipinski definition) is 5. The van der Waals surface area contributed by atoms with Crippen molar-refractivity contribution in [2.24, 2.45) is 0 Å². The number of non-ortho nitro benzene ring substituents is 1. The number of nitro groups is 1. The first-order valence-electron chi connectivity index (χ1n) is 9.05. The number of aromatic nitrogens is 1. The van der Waals surface area contributed by atoms with Gasteiger partial charge in [-0.15, -0.1) is 0 Å². The number of carbonyl (C=O) groups excluding carboxylic acids is 1. The van der Waals surface area contributed by atoms with Crippen LogP contribution in [0.25, 0.3) is 22.6 Å². The molecule has 0 aliphatic carbocycles. The largest absolute Gasteiger partial charge is 0.436 e. The molecule has 1 aromatic heterocycles. The highest BCUT2D eigenvalue weighted by atomic mass is 79.9. The van der Waals surface area contributed by atoms with E-state index in [1.165, 1.54) is 23.8 Å². The van der Waals surface area contributed by atoms with Crippen molar-refractivity contribution in [3.8, 4) is 11.5 Å². The molecule has 1 N–H and O–H groups in total. The summed E-state index contributed by atoms with van der Waals surface area (Å²) in [6.45, 7) is 4.07. The van der Waals surface area contributed by atoms with E-state index in [0.717, 1.165) is 11.1 Å². The van der Waals surface area contributed by atoms with Gasteiger partial charge in [0.25, 0.3) is 11.6 Å². The maximum absolute atomic E-state index is 12.6. The van der Waals surface area contributed by atoms with E-state index in [1.807, 2.05) is 32.0 Å². The summed E-state index contributed by atoms with van der Waals surface area (Å²) in [5.74, 6) is 0.0285. The number of rotatable bonds is 4. The monoisotopic (exact) mass is 465 g/mol. The van der Waals surface area contributed by atoms with Crippen molar-refractivity contribution in [3.05, 3.63) is 85.9 Å². The predicted octanol–water partition coefficient (Wildman–Crippen LogP) is 6.03. The van der Waals surface area contributed by atoms with Gasteiger partial charge >= 0.3 is 0 Å². The van der Waals surface area contributed by atoms with Crippen LogP contribution in [0.5, 0.6) is 0 Å². The molecule has 1 heterocycles. The number of anilines is 1. The van der Waals surface area contributed by atoms with Crippen LogP contribution in [0.3, 0.4) is 0 Å². The van der Waals surface area contributed by atoms with Crippen LogP contribution in [0.2, 0.25) is 0 Å². The molecule has 4 rings (SSSR count). The number of hydrogen-bond donors (Lipinski definition) is 1. The van der Waals surface area contributed by atoms with Gasteiger partial charge in [0.1, 0.15) is 5.52 Å². The van der Waals surface area contributed by atoms with E-state index in [0.29, 0.717) is 27.2 Å². The third-order valence-corrected chi connectivity index (χ3v) is 5.50. The summed E-state index contributed by atoms with van der Waals surface area (Å²) >= 11 is 3.26. The molecule has 0 aliphatic rings. The summed E-state index contributed by atoms with van der Waals surface area (Å²) in [4.78, 5) is 27.6. The van der Waals surface area contributed by atoms with Gasteiger partial charge in [0.15, 0.2) is 5.58 Å². The lowest BCUT2D eigenvalue weighted by Crippen LogP contribution is -2.12. The Kier molecular flexibility index (Phi) is 5.09. The summed E-state index contributed by atoms with van der Waals surface area (Å²) in [6, 6.07) is 15.1. The number of oxazole rings is 1. The topological polar surface area (TPSA) is 98.3 Å². The van der Waals surface area contributed by atoms with Gasteiger partial charge < -0.3 is 9.73 Å². The zero-order chi connectivity index (χ0) is 21.4. The van der Waals surface area contributed by atoms with Crippen LogP contribution in [0.15, 0.2) is 63.5 Å². The first-order valence-corrected chi connectivity index (χ1v) is 9.84. The molecule has 0 unspecified atom stereocenters. The van der Waals surface area contributed by atoms with Gasteiger partial charge in [0, 0.05) is 27.9 Å². The van der Waals surface area contributed by atoms with E-state index in [9.17, 15) is 14.9 Å². The highest BCUT2D eigenvalue weighted by Crippen LogP contribution is 2.28. The Labute approximate surface area is 180 Å². The fourth-order valence-electron chi connectivity index (χ4n) is 3.00. The van der Waals surface area contributed by atoms with Crippen molar-refractivity contribution >= 4 is 44.3 Å². The fourth-order valence-corrected chi connectivity index (χ4v) is 3.43. The number of nitrogens with zero attached hydrogens (tertiary/aromatic N) is 2. The Hall–Kier alpha value is -3.52. The average molecular weight is 466 g/mol. The van der Waals surface area contributed by atoms with Crippen molar-refractivity contribution < 1.29 is 14.1 Å². The van der Waals surface area contributed by atoms with Gasteiger partial charge in [-0.2, -0.15) is 0 Å². The summed E-state index contributed by atoms with van der Waals surface area (Å²) in [7, 11) is 0. The Bertz CT molecular complexity index is 1310. The number of nitro benzene ring substituents is 1. The van der Waals surface area contributed by atoms with Crippen molar-refractivity contribution in [2.75, 3.05) is 5.32 Å². The van der Waals surface area contributed by atoms with Crippen molar-refractivity contribution in [2.45, 2.75) is 13.8 Å². The van der Waals surface area contributed by atoms with Gasteiger partial charge in [-0.1, -0.05) is 6.07 Å². The number of halogens is 1. The second kappa shape index (κ2) is 7.72. The van der Waals surface area contributed by atoms with Crippen molar-refractivity contribution in [1.82, 2.24) is 4.98 Å². The highest BCUT2D eigenvalue weighted by Gasteiger charge is 2.17. The maximum Gasteiger partial charge on any atom is 0.270 e. The number of fused-ring (bicyclic) bond motifs is 1. The minimum absolute atomic E-state index is 0.159. The zero-order valence-corrected chi connectivity index (χ0v) is 17.7. The number of aryl methyl sites for hydroxylation is 2. The molecule has 30 heavy (non-hydrogen) atoms. The van der Waals surface area contributed by atoms with Gasteiger partial charge in [0.05, 0.1) is 10.5 Å². The fraction of sp³-hybridized carbons (Fsp3) is 0.0909. The predicted molar refractivity (Wildman–Crippen MR) is 118 cm³/mol. The minimum atomic E-state index is -0.543. The van der Waals surface area contributed by atoms with Crippen LogP contribution >= 0.6 is 15.9 Å². The summed E-state index contributed by atoms with van der Waals surface area (Å²) < 4.78 is 6.31. The zero-order valence-electron chi connectivity index (χ0n) is 16.1. The minimum Gasteiger partial charge on any atom is -0.436 e. The van der Waals surface area contributed by atoms with Crippen LogP contribution in [-0.4, -0.2) is 15.8 Å². The van der Waals surface area contributed by atoms with E-state index in [4.69, 9.17) is 4.42 Å². The van der Waals surface area contributed by atoms with E-state index < -0.39 is 10.8 Å². The Morgan fingerprint density at radius 3 is 2.60 bits per heavy atom. The van der Waals surface area contributed by atoms with E-state index >= 15 is 0 Å². The maximum atomic E-state index is 12.6. The standard InChI is InChI=1S/C22H16BrN3O4/c1-12-3-4-14(9-13(12)2)22-25-19-10-15(5-8-20(19)30-22)24-21(27)17-11-16(26(28)29)6-7-18(17)23/h3-11H,1-2H3,(H,24,27). The van der Waals surface area contributed by atoms with Crippen LogP contribution in [0.4, 0.5) is 11.4 Å². The SMILES string of the molecule is Cc1ccc(-c2nc3cc(NC(=O)c4cc([N+](=O)[O-])ccc4Br)ccc3o2)cc1C. The molecule has 0 radical (unpaired) electrons. The Morgan fingerprint density at radius 1 is 1.07 bits per heavy atom. The lowest BCUT2D eigenvalue weighted by atomic mass is 10.1. The molecule has 150 valence electrons. The molecule has 0 fully saturated rings. The summed E-state index contributed by atoms with van der Waals surface area (Å²) in [5, 5.41) is 13.7. The molecule has 7 nitrogen and oxygen atoms in total. The smallest absolute Gasteiger partial charge is 0.270 e. The summed E-state index contributed by atoms with van der Waals surface area (Å²) in [6.07, 6.45) is 0. The lowest BCUT2D eigenvalue weighted by Gasteiger charge is -2.06. The lowest BCUT2D eigenvalue weighted by molar-refractivity contribution is -0.384. The second-order valence-corrected chi connectivity index (χ2v) is 7.73. The van der Waals surface area contributed by atoms with E-state index in [-0.39, 0.29) is 11.3 Å². The summed E-state index contributed by atoms with van der Waals surface area (Å²) in [5.41, 5.74) is 4.91. The van der Waals surface area contributed by atoms with Crippen molar-refractivity contribution in [1.29, 1.82) is 0 Å². The Balaban J connectivity index is 1.63. The third-order valence-electron chi connectivity index (χ3n) is 4.80. The second-order valence-electron chi connectivity index (χ2n) is 6.88. The van der Waals surface area contributed by atoms with Crippen LogP contribution < -0.4 is 5.32 Å². The number of benzene rings is 3. The van der Waals surface area contributed by atoms with Gasteiger partial charge in [-0.3, -0.25) is 14.9 Å². The van der Waals surface area contributed by atoms with Crippen LogP contribution in [0, 0.1) is 24.0 Å². The van der Waals surface area contributed by atoms with E-state index in [1.54, 1.807) is 18.2 Å². The molecule has 0 spiro atoms. The third kappa shape index (κ3) is 3.81. The van der Waals surface area contributed by atoms with Gasteiger partial charge in [-0.05, 0) is 77.3 Å². The van der Waals surface area contributed by atoms with Crippen LogP contribution in [-0.2, 0) is 0 Å². The quantitative estimate of drug-likeness (QED) is 0.292. The number of nitrogens with one attached hydrogen (secondary N) is 1. The first-order chi connectivity index (χ1) is 14.3. The van der Waals surface area contributed by atoms with Gasteiger partial charge in [-0.25, -0.2) is 4.98 Å². The molecule has 3 aromatic carbocycles. The normalized spacial score (nSPS) is 10.9. The Morgan fingerprint density at radius 2 is 1.87 bits per heavy atom. The first kappa shape index (κ1) is 19.8. The van der Waals surface area contributed by atoms with E-state index in [2.05, 4.69) is 26.2 Å². The molecule has 0 saturated heterocycles. The van der Waals surface area contributed by atoms with Gasteiger partial charge in [0.2, 0.25) is 5.89 Å². The molecule has 0 saturated carbocycles. The molecule has 0 bridgehead atoms. The molecule has 8 heteroatoms.